The van der Waals surface area contributed by atoms with Crippen molar-refractivity contribution in [3.63, 3.8) is 0 Å². The topological polar surface area (TPSA) is 61.4 Å². The van der Waals surface area contributed by atoms with Crippen molar-refractivity contribution in [2.75, 3.05) is 18.5 Å². The Bertz CT molecular complexity index is 444. The monoisotopic (exact) mass is 276 g/mol. The summed E-state index contributed by atoms with van der Waals surface area (Å²) in [5.74, 6) is 0.656. The van der Waals surface area contributed by atoms with E-state index < -0.39 is 0 Å². The van der Waals surface area contributed by atoms with Crippen LogP contribution in [0.2, 0.25) is 0 Å². The van der Waals surface area contributed by atoms with Crippen LogP contribution in [0.4, 0.5) is 5.69 Å². The molecule has 1 atom stereocenters. The number of aliphatic hydroxyl groups is 1. The highest BCUT2D eigenvalue weighted by atomic mass is 16.3. The minimum Gasteiger partial charge on any atom is -0.395 e. The van der Waals surface area contributed by atoms with E-state index in [0.29, 0.717) is 11.6 Å². The van der Waals surface area contributed by atoms with Gasteiger partial charge in [0.2, 0.25) is 0 Å². The second kappa shape index (κ2) is 7.29. The summed E-state index contributed by atoms with van der Waals surface area (Å²) in [6.45, 7) is 2.46. The average Bonchev–Trinajstić information content (AvgIpc) is 3.29. The predicted molar refractivity (Wildman–Crippen MR) is 80.9 cm³/mol. The Balaban J connectivity index is 1.99. The van der Waals surface area contributed by atoms with Crippen LogP contribution in [0.3, 0.4) is 0 Å². The van der Waals surface area contributed by atoms with Crippen LogP contribution in [-0.4, -0.2) is 30.2 Å². The molecular formula is C16H24N2O2. The van der Waals surface area contributed by atoms with E-state index in [1.165, 1.54) is 25.7 Å². The molecule has 1 aliphatic carbocycles. The fourth-order valence-corrected chi connectivity index (χ4v) is 2.47. The standard InChI is InChI=1S/C16H24N2O2/c1-2-4-15(12-7-8-12)18-14-6-3-5-13(11-14)16(20)17-9-10-19/h3,5-6,11-12,15,18-19H,2,4,7-10H2,1H3,(H,17,20). The lowest BCUT2D eigenvalue weighted by Gasteiger charge is -2.19. The largest absolute Gasteiger partial charge is 0.395 e. The predicted octanol–water partition coefficient (Wildman–Crippen LogP) is 2.40. The molecule has 1 unspecified atom stereocenters. The summed E-state index contributed by atoms with van der Waals surface area (Å²) in [6.07, 6.45) is 4.97. The summed E-state index contributed by atoms with van der Waals surface area (Å²) in [5, 5.41) is 15.0. The third kappa shape index (κ3) is 4.23. The van der Waals surface area contributed by atoms with E-state index in [-0.39, 0.29) is 19.1 Å². The number of carbonyl (C=O) groups is 1. The molecule has 1 saturated carbocycles. The summed E-state index contributed by atoms with van der Waals surface area (Å²) >= 11 is 0. The van der Waals surface area contributed by atoms with Crippen LogP contribution in [0.25, 0.3) is 0 Å². The van der Waals surface area contributed by atoms with Gasteiger partial charge in [0.25, 0.3) is 5.91 Å². The number of hydrogen-bond donors (Lipinski definition) is 3. The zero-order chi connectivity index (χ0) is 14.4. The van der Waals surface area contributed by atoms with Crippen LogP contribution in [-0.2, 0) is 0 Å². The van der Waals surface area contributed by atoms with Gasteiger partial charge in [0.15, 0.2) is 0 Å². The van der Waals surface area contributed by atoms with Gasteiger partial charge in [0.05, 0.1) is 6.61 Å². The molecule has 0 aromatic heterocycles. The molecule has 0 radical (unpaired) electrons. The number of aliphatic hydroxyl groups excluding tert-OH is 1. The van der Waals surface area contributed by atoms with E-state index in [9.17, 15) is 4.79 Å². The fraction of sp³-hybridized carbons (Fsp3) is 0.562. The van der Waals surface area contributed by atoms with E-state index in [1.54, 1.807) is 6.07 Å². The molecular weight excluding hydrogens is 252 g/mol. The first-order chi connectivity index (χ1) is 9.74. The minimum absolute atomic E-state index is 0.0378. The van der Waals surface area contributed by atoms with E-state index in [4.69, 9.17) is 5.11 Å². The maximum atomic E-state index is 11.9. The summed E-state index contributed by atoms with van der Waals surface area (Å²) in [4.78, 5) is 11.9. The Hall–Kier alpha value is -1.55. The van der Waals surface area contributed by atoms with Crippen LogP contribution >= 0.6 is 0 Å². The first-order valence-electron chi connectivity index (χ1n) is 7.50. The molecule has 4 heteroatoms. The first-order valence-corrected chi connectivity index (χ1v) is 7.50. The lowest BCUT2D eigenvalue weighted by atomic mass is 10.1. The summed E-state index contributed by atoms with van der Waals surface area (Å²) in [6, 6.07) is 8.11. The normalized spacial score (nSPS) is 15.7. The molecule has 1 aliphatic rings. The quantitative estimate of drug-likeness (QED) is 0.683. The highest BCUT2D eigenvalue weighted by Crippen LogP contribution is 2.36. The van der Waals surface area contributed by atoms with Crippen LogP contribution in [0.15, 0.2) is 24.3 Å². The zero-order valence-corrected chi connectivity index (χ0v) is 12.1. The van der Waals surface area contributed by atoms with Gasteiger partial charge in [-0.1, -0.05) is 19.4 Å². The average molecular weight is 276 g/mol. The third-order valence-electron chi connectivity index (χ3n) is 3.66. The smallest absolute Gasteiger partial charge is 0.251 e. The van der Waals surface area contributed by atoms with Gasteiger partial charge in [-0.05, 0) is 43.4 Å². The van der Waals surface area contributed by atoms with Crippen molar-refractivity contribution in [1.82, 2.24) is 5.32 Å². The summed E-state index contributed by atoms with van der Waals surface area (Å²) in [5.41, 5.74) is 1.64. The SMILES string of the molecule is CCCC(Nc1cccc(C(=O)NCCO)c1)C1CC1. The van der Waals surface area contributed by atoms with Crippen molar-refractivity contribution in [3.05, 3.63) is 29.8 Å². The molecule has 3 N–H and O–H groups in total. The first kappa shape index (κ1) is 14.9. The Morgan fingerprint density at radius 2 is 2.25 bits per heavy atom. The van der Waals surface area contributed by atoms with Gasteiger partial charge in [-0.2, -0.15) is 0 Å². The lowest BCUT2D eigenvalue weighted by Crippen LogP contribution is -2.26. The highest BCUT2D eigenvalue weighted by molar-refractivity contribution is 5.95. The molecule has 0 bridgehead atoms. The van der Waals surface area contributed by atoms with Crippen molar-refractivity contribution in [2.24, 2.45) is 5.92 Å². The van der Waals surface area contributed by atoms with E-state index >= 15 is 0 Å². The molecule has 20 heavy (non-hydrogen) atoms. The van der Waals surface area contributed by atoms with E-state index in [1.807, 2.05) is 18.2 Å². The van der Waals surface area contributed by atoms with Crippen LogP contribution in [0.5, 0.6) is 0 Å². The van der Waals surface area contributed by atoms with E-state index in [0.717, 1.165) is 11.6 Å². The number of nitrogens with one attached hydrogen (secondary N) is 2. The lowest BCUT2D eigenvalue weighted by molar-refractivity contribution is 0.0945. The Kier molecular flexibility index (Phi) is 5.41. The van der Waals surface area contributed by atoms with Gasteiger partial charge in [-0.25, -0.2) is 0 Å². The number of amides is 1. The molecule has 0 heterocycles. The highest BCUT2D eigenvalue weighted by Gasteiger charge is 2.30. The van der Waals surface area contributed by atoms with E-state index in [2.05, 4.69) is 17.6 Å². The molecule has 1 fully saturated rings. The van der Waals surface area contributed by atoms with Gasteiger partial charge in [0, 0.05) is 23.8 Å². The maximum absolute atomic E-state index is 11.9. The fourth-order valence-electron chi connectivity index (χ4n) is 2.47. The molecule has 1 aromatic rings. The Morgan fingerprint density at radius 1 is 1.45 bits per heavy atom. The second-order valence-corrected chi connectivity index (χ2v) is 5.44. The van der Waals surface area contributed by atoms with Crippen LogP contribution in [0.1, 0.15) is 43.0 Å². The summed E-state index contributed by atoms with van der Waals surface area (Å²) < 4.78 is 0. The molecule has 2 rings (SSSR count). The molecule has 0 aliphatic heterocycles. The molecule has 0 saturated heterocycles. The van der Waals surface area contributed by atoms with Crippen molar-refractivity contribution in [2.45, 2.75) is 38.6 Å². The second-order valence-electron chi connectivity index (χ2n) is 5.44. The maximum Gasteiger partial charge on any atom is 0.251 e. The molecule has 110 valence electrons. The number of anilines is 1. The zero-order valence-electron chi connectivity index (χ0n) is 12.1. The summed E-state index contributed by atoms with van der Waals surface area (Å²) in [7, 11) is 0. The van der Waals surface area contributed by atoms with Gasteiger partial charge in [0.1, 0.15) is 0 Å². The van der Waals surface area contributed by atoms with Gasteiger partial charge < -0.3 is 15.7 Å². The Labute approximate surface area is 120 Å². The van der Waals surface area contributed by atoms with Gasteiger partial charge in [-0.15, -0.1) is 0 Å². The van der Waals surface area contributed by atoms with Crippen LogP contribution in [0, 0.1) is 5.92 Å². The van der Waals surface area contributed by atoms with Crippen molar-refractivity contribution < 1.29 is 9.90 Å². The van der Waals surface area contributed by atoms with Crippen LogP contribution < -0.4 is 10.6 Å². The molecule has 0 spiro atoms. The molecule has 1 aromatic carbocycles. The molecule has 4 nitrogen and oxygen atoms in total. The number of hydrogen-bond acceptors (Lipinski definition) is 3. The van der Waals surface area contributed by atoms with Crippen molar-refractivity contribution >= 4 is 11.6 Å². The number of carbonyl (C=O) groups excluding carboxylic acids is 1. The Morgan fingerprint density at radius 3 is 2.90 bits per heavy atom. The molecule has 1 amide bonds. The minimum atomic E-state index is -0.138. The van der Waals surface area contributed by atoms with Gasteiger partial charge in [-0.3, -0.25) is 4.79 Å². The van der Waals surface area contributed by atoms with Gasteiger partial charge >= 0.3 is 0 Å². The van der Waals surface area contributed by atoms with Crippen molar-refractivity contribution in [3.8, 4) is 0 Å². The number of rotatable bonds is 8. The third-order valence-corrected chi connectivity index (χ3v) is 3.66. The number of benzene rings is 1. The van der Waals surface area contributed by atoms with Crippen molar-refractivity contribution in [1.29, 1.82) is 0 Å².